The SMILES string of the molecule is CCCC(C(=O)Nc1c(C)cc(C#N)cc1C)[PH](C)(C)C. The van der Waals surface area contributed by atoms with Crippen LogP contribution in [-0.2, 0) is 4.79 Å². The molecule has 0 heterocycles. The summed E-state index contributed by atoms with van der Waals surface area (Å²) in [6.45, 7) is 12.7. The van der Waals surface area contributed by atoms with Crippen molar-refractivity contribution in [3.63, 3.8) is 0 Å². The summed E-state index contributed by atoms with van der Waals surface area (Å²) < 4.78 is 0. The molecule has 1 rings (SSSR count). The molecule has 0 fully saturated rings. The van der Waals surface area contributed by atoms with Crippen LogP contribution in [0.2, 0.25) is 0 Å². The summed E-state index contributed by atoms with van der Waals surface area (Å²) in [5, 5.41) is 12.1. The maximum atomic E-state index is 12.7. The molecule has 21 heavy (non-hydrogen) atoms. The molecule has 1 aromatic carbocycles. The quantitative estimate of drug-likeness (QED) is 0.838. The number of hydrogen-bond donors (Lipinski definition) is 1. The van der Waals surface area contributed by atoms with Gasteiger partial charge in [-0.1, -0.05) is 0 Å². The fourth-order valence-electron chi connectivity index (χ4n) is 2.68. The monoisotopic (exact) mass is 306 g/mol. The number of rotatable bonds is 5. The Balaban J connectivity index is 3.05. The molecular weight excluding hydrogens is 279 g/mol. The van der Waals surface area contributed by atoms with E-state index in [1.54, 1.807) is 0 Å². The number of anilines is 1. The molecule has 1 aromatic rings. The summed E-state index contributed by atoms with van der Waals surface area (Å²) in [5.41, 5.74) is 3.52. The third-order valence-corrected chi connectivity index (χ3v) is 6.49. The van der Waals surface area contributed by atoms with Crippen LogP contribution in [0.1, 0.15) is 36.5 Å². The van der Waals surface area contributed by atoms with Crippen LogP contribution in [0.25, 0.3) is 0 Å². The van der Waals surface area contributed by atoms with Crippen LogP contribution in [-0.4, -0.2) is 31.6 Å². The number of aryl methyl sites for hydroxylation is 2. The summed E-state index contributed by atoms with van der Waals surface area (Å²) in [4.78, 5) is 12.7. The fraction of sp³-hybridized carbons (Fsp3) is 0.529. The zero-order valence-corrected chi connectivity index (χ0v) is 15.0. The van der Waals surface area contributed by atoms with E-state index in [4.69, 9.17) is 5.26 Å². The van der Waals surface area contributed by atoms with Gasteiger partial charge in [-0.15, -0.1) is 0 Å². The normalized spacial score (nSPS) is 13.4. The average Bonchev–Trinajstić information content (AvgIpc) is 2.38. The molecule has 0 aromatic heterocycles. The van der Waals surface area contributed by atoms with E-state index in [1.165, 1.54) is 0 Å². The number of benzene rings is 1. The third-order valence-electron chi connectivity index (χ3n) is 3.85. The predicted molar refractivity (Wildman–Crippen MR) is 94.0 cm³/mol. The molecule has 4 heteroatoms. The summed E-state index contributed by atoms with van der Waals surface area (Å²) in [7, 11) is -1.54. The van der Waals surface area contributed by atoms with E-state index < -0.39 is 7.26 Å². The maximum absolute atomic E-state index is 12.7. The first-order valence-electron chi connectivity index (χ1n) is 7.53. The number of nitrogens with one attached hydrogen (secondary N) is 1. The first-order chi connectivity index (χ1) is 9.70. The molecule has 0 saturated heterocycles. The van der Waals surface area contributed by atoms with Crippen molar-refractivity contribution < 1.29 is 4.79 Å². The Labute approximate surface area is 129 Å². The molecule has 1 N–H and O–H groups in total. The molecule has 0 aliphatic rings. The molecule has 0 bridgehead atoms. The molecule has 0 aliphatic heterocycles. The van der Waals surface area contributed by atoms with Gasteiger partial charge in [0.2, 0.25) is 0 Å². The van der Waals surface area contributed by atoms with Crippen molar-refractivity contribution >= 4 is 18.9 Å². The van der Waals surface area contributed by atoms with E-state index in [2.05, 4.69) is 38.3 Å². The number of nitrogens with zero attached hydrogens (tertiary/aromatic N) is 1. The number of amides is 1. The van der Waals surface area contributed by atoms with E-state index in [-0.39, 0.29) is 11.6 Å². The van der Waals surface area contributed by atoms with Gasteiger partial charge < -0.3 is 0 Å². The molecule has 3 nitrogen and oxygen atoms in total. The molecule has 0 spiro atoms. The second-order valence-corrected chi connectivity index (χ2v) is 12.2. The Hall–Kier alpha value is -1.39. The van der Waals surface area contributed by atoms with Gasteiger partial charge in [-0.2, -0.15) is 0 Å². The van der Waals surface area contributed by atoms with Crippen molar-refractivity contribution in [1.29, 1.82) is 5.26 Å². The van der Waals surface area contributed by atoms with Gasteiger partial charge in [0.25, 0.3) is 0 Å². The van der Waals surface area contributed by atoms with E-state index in [9.17, 15) is 4.79 Å². The number of hydrogen-bond acceptors (Lipinski definition) is 2. The summed E-state index contributed by atoms with van der Waals surface area (Å²) in [5.74, 6) is 0.131. The van der Waals surface area contributed by atoms with Crippen LogP contribution in [0, 0.1) is 25.2 Å². The van der Waals surface area contributed by atoms with Gasteiger partial charge >= 0.3 is 128 Å². The van der Waals surface area contributed by atoms with Crippen LogP contribution in [0.3, 0.4) is 0 Å². The molecule has 0 radical (unpaired) electrons. The van der Waals surface area contributed by atoms with Crippen LogP contribution in [0.4, 0.5) is 5.69 Å². The molecule has 1 atom stereocenters. The van der Waals surface area contributed by atoms with Crippen LogP contribution >= 0.6 is 7.26 Å². The van der Waals surface area contributed by atoms with Gasteiger partial charge in [-0.05, 0) is 0 Å². The summed E-state index contributed by atoms with van der Waals surface area (Å²) in [6.07, 6.45) is 1.96. The first kappa shape index (κ1) is 17.7. The Morgan fingerprint density at radius 1 is 1.29 bits per heavy atom. The minimum atomic E-state index is -1.54. The third kappa shape index (κ3) is 4.55. The number of carbonyl (C=O) groups is 1. The molecular formula is C17H27N2OP. The Morgan fingerprint density at radius 3 is 2.19 bits per heavy atom. The van der Waals surface area contributed by atoms with Gasteiger partial charge in [0.05, 0.1) is 0 Å². The van der Waals surface area contributed by atoms with Gasteiger partial charge in [-0.25, -0.2) is 0 Å². The molecule has 116 valence electrons. The van der Waals surface area contributed by atoms with E-state index in [0.717, 1.165) is 29.7 Å². The second-order valence-electron chi connectivity index (χ2n) is 6.79. The first-order valence-corrected chi connectivity index (χ1v) is 11.1. The van der Waals surface area contributed by atoms with Crippen molar-refractivity contribution in [2.75, 3.05) is 25.3 Å². The molecule has 0 saturated carbocycles. The predicted octanol–water partition coefficient (Wildman–Crippen LogP) is 3.92. The van der Waals surface area contributed by atoms with Crippen molar-refractivity contribution in [2.24, 2.45) is 0 Å². The van der Waals surface area contributed by atoms with E-state index in [0.29, 0.717) is 5.56 Å². The molecule has 0 aliphatic carbocycles. The summed E-state index contributed by atoms with van der Waals surface area (Å²) >= 11 is 0. The van der Waals surface area contributed by atoms with Crippen LogP contribution in [0.5, 0.6) is 0 Å². The van der Waals surface area contributed by atoms with Gasteiger partial charge in [0.15, 0.2) is 0 Å². The average molecular weight is 306 g/mol. The zero-order chi connectivity index (χ0) is 16.2. The minimum absolute atomic E-state index is 0.122. The van der Waals surface area contributed by atoms with Crippen molar-refractivity contribution in [2.45, 2.75) is 39.3 Å². The molecule has 1 unspecified atom stereocenters. The van der Waals surface area contributed by atoms with Crippen molar-refractivity contribution in [3.05, 3.63) is 28.8 Å². The topological polar surface area (TPSA) is 52.9 Å². The van der Waals surface area contributed by atoms with Crippen LogP contribution in [0.15, 0.2) is 12.1 Å². The Kier molecular flexibility index (Phi) is 5.93. The zero-order valence-electron chi connectivity index (χ0n) is 14.0. The van der Waals surface area contributed by atoms with Gasteiger partial charge in [-0.3, -0.25) is 0 Å². The van der Waals surface area contributed by atoms with Crippen molar-refractivity contribution in [1.82, 2.24) is 0 Å². The number of carbonyl (C=O) groups excluding carboxylic acids is 1. The standard InChI is InChI=1S/C17H27N2OP/c1-7-8-15(21(4,5)6)17(20)19-16-12(2)9-14(11-18)10-13(16)3/h9-10,15,21H,7-8H2,1-6H3,(H,19,20). The van der Waals surface area contributed by atoms with Crippen molar-refractivity contribution in [3.8, 4) is 6.07 Å². The fourth-order valence-corrected chi connectivity index (χ4v) is 4.70. The molecule has 1 amide bonds. The summed E-state index contributed by atoms with van der Waals surface area (Å²) in [6, 6.07) is 5.80. The van der Waals surface area contributed by atoms with Gasteiger partial charge in [0.1, 0.15) is 0 Å². The Morgan fingerprint density at radius 2 is 1.81 bits per heavy atom. The van der Waals surface area contributed by atoms with E-state index >= 15 is 0 Å². The number of nitriles is 1. The Bertz CT molecular complexity index is 544. The van der Waals surface area contributed by atoms with Gasteiger partial charge in [0, 0.05) is 0 Å². The second kappa shape index (κ2) is 7.05. The van der Waals surface area contributed by atoms with Crippen LogP contribution < -0.4 is 5.32 Å². The van der Waals surface area contributed by atoms with E-state index in [1.807, 2.05) is 26.0 Å².